The fourth-order valence-electron chi connectivity index (χ4n) is 3.15. The number of halogens is 4. The molecule has 1 amide bonds. The second-order valence-corrected chi connectivity index (χ2v) is 7.97. The van der Waals surface area contributed by atoms with Crippen LogP contribution >= 0.6 is 15.9 Å². The van der Waals surface area contributed by atoms with Crippen molar-refractivity contribution in [3.8, 4) is 0 Å². The maximum absolute atomic E-state index is 13.3. The number of aromatic nitrogens is 5. The minimum Gasteiger partial charge on any atom is -0.291 e. The van der Waals surface area contributed by atoms with Crippen LogP contribution in [0.4, 0.5) is 19.1 Å². The van der Waals surface area contributed by atoms with E-state index in [1.54, 1.807) is 4.68 Å². The highest BCUT2D eigenvalue weighted by atomic mass is 79.9. The van der Waals surface area contributed by atoms with E-state index in [1.165, 1.54) is 13.3 Å². The Kier molecular flexibility index (Phi) is 5.39. The number of alkyl halides is 3. The molecule has 4 rings (SSSR count). The van der Waals surface area contributed by atoms with E-state index in [4.69, 9.17) is 0 Å². The molecule has 11 heteroatoms. The molecule has 0 bridgehead atoms. The maximum atomic E-state index is 13.3. The van der Waals surface area contributed by atoms with Crippen LogP contribution in [0.1, 0.15) is 48.7 Å². The first-order valence-corrected chi connectivity index (χ1v) is 10.1. The van der Waals surface area contributed by atoms with Crippen LogP contribution in [0.5, 0.6) is 0 Å². The van der Waals surface area contributed by atoms with E-state index in [1.807, 2.05) is 30.3 Å². The molecule has 0 radical (unpaired) electrons. The fourth-order valence-corrected chi connectivity index (χ4v) is 3.96. The molecule has 1 aromatic carbocycles. The normalized spacial score (nSPS) is 15.2. The van der Waals surface area contributed by atoms with E-state index in [0.717, 1.165) is 23.1 Å². The molecule has 0 saturated heterocycles. The van der Waals surface area contributed by atoms with Gasteiger partial charge in [0.15, 0.2) is 5.69 Å². The Morgan fingerprint density at radius 1 is 1.27 bits per heavy atom. The third kappa shape index (κ3) is 4.25. The number of carbonyl (C=O) groups excluding carboxylic acids is 1. The first kappa shape index (κ1) is 20.6. The molecule has 1 fully saturated rings. The van der Waals surface area contributed by atoms with E-state index >= 15 is 0 Å². The Balaban J connectivity index is 1.51. The summed E-state index contributed by atoms with van der Waals surface area (Å²) in [5, 5.41) is 10.5. The Morgan fingerprint density at radius 2 is 1.97 bits per heavy atom. The number of anilines is 1. The third-order valence-corrected chi connectivity index (χ3v) is 5.61. The van der Waals surface area contributed by atoms with Crippen molar-refractivity contribution in [2.24, 2.45) is 0 Å². The van der Waals surface area contributed by atoms with Gasteiger partial charge in [0.1, 0.15) is 12.4 Å². The van der Waals surface area contributed by atoms with Gasteiger partial charge in [-0.25, -0.2) is 9.67 Å². The molecule has 1 N–H and O–H groups in total. The SMILES string of the molecule is CC(C(=O)Nc1ncn(Cc2ccccc2)n1)n1nc(C(F)(F)F)c(Br)c1C1CC1. The number of benzene rings is 1. The van der Waals surface area contributed by atoms with Crippen molar-refractivity contribution < 1.29 is 18.0 Å². The van der Waals surface area contributed by atoms with E-state index < -0.39 is 23.8 Å². The van der Waals surface area contributed by atoms with Gasteiger partial charge in [-0.05, 0) is 41.3 Å². The average molecular weight is 483 g/mol. The number of nitrogens with one attached hydrogen (secondary N) is 1. The Hall–Kier alpha value is -2.69. The summed E-state index contributed by atoms with van der Waals surface area (Å²) in [7, 11) is 0. The monoisotopic (exact) mass is 482 g/mol. The van der Waals surface area contributed by atoms with Gasteiger partial charge in [0.2, 0.25) is 5.95 Å². The van der Waals surface area contributed by atoms with Gasteiger partial charge in [0.05, 0.1) is 16.7 Å². The number of nitrogens with zero attached hydrogens (tertiary/aromatic N) is 5. The lowest BCUT2D eigenvalue weighted by Crippen LogP contribution is -2.26. The molecule has 1 saturated carbocycles. The number of carbonyl (C=O) groups is 1. The first-order valence-electron chi connectivity index (χ1n) is 9.33. The second-order valence-electron chi connectivity index (χ2n) is 7.18. The highest BCUT2D eigenvalue weighted by Gasteiger charge is 2.43. The number of hydrogen-bond donors (Lipinski definition) is 1. The van der Waals surface area contributed by atoms with Crippen molar-refractivity contribution in [3.63, 3.8) is 0 Å². The van der Waals surface area contributed by atoms with Crippen molar-refractivity contribution in [2.75, 3.05) is 5.32 Å². The summed E-state index contributed by atoms with van der Waals surface area (Å²) in [5.74, 6) is -0.502. The van der Waals surface area contributed by atoms with Crippen LogP contribution in [-0.4, -0.2) is 30.5 Å². The molecule has 7 nitrogen and oxygen atoms in total. The summed E-state index contributed by atoms with van der Waals surface area (Å²) < 4.78 is 42.5. The van der Waals surface area contributed by atoms with Gasteiger partial charge < -0.3 is 0 Å². The smallest absolute Gasteiger partial charge is 0.291 e. The fraction of sp³-hybridized carbons (Fsp3) is 0.368. The van der Waals surface area contributed by atoms with Crippen molar-refractivity contribution >= 4 is 27.8 Å². The molecule has 1 unspecified atom stereocenters. The second kappa shape index (κ2) is 7.86. The van der Waals surface area contributed by atoms with Crippen LogP contribution < -0.4 is 5.32 Å². The standard InChI is InChI=1S/C19H18BrF3N6O/c1-11(29-15(13-7-8-13)14(20)16(26-29)19(21,22)23)17(30)25-18-24-10-28(27-18)9-12-5-3-2-4-6-12/h2-6,10-11,13H,7-9H2,1H3,(H,25,27,30). The Bertz CT molecular complexity index is 1060. The summed E-state index contributed by atoms with van der Waals surface area (Å²) in [6, 6.07) is 8.64. The molecule has 1 aliphatic rings. The first-order chi connectivity index (χ1) is 14.2. The molecule has 3 aromatic rings. The third-order valence-electron chi connectivity index (χ3n) is 4.83. The summed E-state index contributed by atoms with van der Waals surface area (Å²) >= 11 is 3.03. The lowest BCUT2D eigenvalue weighted by atomic mass is 10.2. The predicted octanol–water partition coefficient (Wildman–Crippen LogP) is 4.38. The topological polar surface area (TPSA) is 77.6 Å². The molecule has 2 aromatic heterocycles. The summed E-state index contributed by atoms with van der Waals surface area (Å²) in [5.41, 5.74) is 0.394. The zero-order chi connectivity index (χ0) is 21.5. The molecular weight excluding hydrogens is 465 g/mol. The van der Waals surface area contributed by atoms with Crippen LogP contribution in [0.3, 0.4) is 0 Å². The molecule has 1 aliphatic carbocycles. The van der Waals surface area contributed by atoms with Gasteiger partial charge in [0, 0.05) is 5.92 Å². The van der Waals surface area contributed by atoms with Crippen molar-refractivity contribution in [1.29, 1.82) is 0 Å². The van der Waals surface area contributed by atoms with E-state index in [0.29, 0.717) is 12.2 Å². The quantitative estimate of drug-likeness (QED) is 0.565. The maximum Gasteiger partial charge on any atom is 0.436 e. The van der Waals surface area contributed by atoms with Crippen LogP contribution in [0.25, 0.3) is 0 Å². The minimum absolute atomic E-state index is 0.0403. The largest absolute Gasteiger partial charge is 0.436 e. The van der Waals surface area contributed by atoms with Gasteiger partial charge in [0.25, 0.3) is 5.91 Å². The summed E-state index contributed by atoms with van der Waals surface area (Å²) in [4.78, 5) is 16.7. The zero-order valence-electron chi connectivity index (χ0n) is 15.9. The number of hydrogen-bond acceptors (Lipinski definition) is 4. The highest BCUT2D eigenvalue weighted by Crippen LogP contribution is 2.47. The molecular formula is C19H18BrF3N6O. The van der Waals surface area contributed by atoms with E-state index in [-0.39, 0.29) is 16.3 Å². The van der Waals surface area contributed by atoms with Crippen LogP contribution in [0.2, 0.25) is 0 Å². The van der Waals surface area contributed by atoms with E-state index in [2.05, 4.69) is 36.4 Å². The molecule has 2 heterocycles. The van der Waals surface area contributed by atoms with Gasteiger partial charge >= 0.3 is 6.18 Å². The van der Waals surface area contributed by atoms with Gasteiger partial charge in [-0.2, -0.15) is 18.3 Å². The van der Waals surface area contributed by atoms with Gasteiger partial charge in [-0.1, -0.05) is 30.3 Å². The average Bonchev–Trinajstić information content (AvgIpc) is 3.33. The van der Waals surface area contributed by atoms with Crippen LogP contribution in [0, 0.1) is 0 Å². The number of amides is 1. The lowest BCUT2D eigenvalue weighted by Gasteiger charge is -2.14. The highest BCUT2D eigenvalue weighted by molar-refractivity contribution is 9.10. The van der Waals surface area contributed by atoms with E-state index in [9.17, 15) is 18.0 Å². The van der Waals surface area contributed by atoms with Crippen molar-refractivity contribution in [3.05, 3.63) is 58.1 Å². The summed E-state index contributed by atoms with van der Waals surface area (Å²) in [6.45, 7) is 1.98. The number of rotatable bonds is 6. The summed E-state index contributed by atoms with van der Waals surface area (Å²) in [6.07, 6.45) is -1.60. The molecule has 30 heavy (non-hydrogen) atoms. The molecule has 0 spiro atoms. The van der Waals surface area contributed by atoms with Crippen molar-refractivity contribution in [2.45, 2.75) is 44.4 Å². The minimum atomic E-state index is -4.61. The molecule has 158 valence electrons. The van der Waals surface area contributed by atoms with Gasteiger partial charge in [-0.3, -0.25) is 14.8 Å². The molecule has 1 atom stereocenters. The van der Waals surface area contributed by atoms with Gasteiger partial charge in [-0.15, -0.1) is 5.10 Å². The zero-order valence-corrected chi connectivity index (χ0v) is 17.5. The van der Waals surface area contributed by atoms with Crippen LogP contribution in [0.15, 0.2) is 41.1 Å². The van der Waals surface area contributed by atoms with Crippen molar-refractivity contribution in [1.82, 2.24) is 24.5 Å². The Morgan fingerprint density at radius 3 is 2.60 bits per heavy atom. The Labute approximate surface area is 178 Å². The molecule has 0 aliphatic heterocycles. The lowest BCUT2D eigenvalue weighted by molar-refractivity contribution is -0.142. The predicted molar refractivity (Wildman–Crippen MR) is 106 cm³/mol. The van der Waals surface area contributed by atoms with Crippen LogP contribution in [-0.2, 0) is 17.5 Å².